The van der Waals surface area contributed by atoms with Gasteiger partial charge in [-0.1, -0.05) is 6.08 Å². The molecule has 0 saturated carbocycles. The monoisotopic (exact) mass is 238 g/mol. The van der Waals surface area contributed by atoms with Gasteiger partial charge in [0.2, 0.25) is 5.91 Å². The molecule has 0 aromatic carbocycles. The maximum atomic E-state index is 11.9. The molecule has 2 heterocycles. The van der Waals surface area contributed by atoms with Crippen LogP contribution >= 0.6 is 0 Å². The Kier molecular flexibility index (Phi) is 3.47. The number of amides is 1. The Labute approximate surface area is 101 Å². The average Bonchev–Trinajstić information content (AvgIpc) is 2.31. The standard InChI is InChI=1S/C12H18N2O3/c1-3-17-12(16)9-5-6-10(15)14-8-4-7-13(2)11(9)14/h5-6,9,11H,3-4,7-8H2,1-2H3/t9-,11-/m1/s1. The van der Waals surface area contributed by atoms with Gasteiger partial charge in [0.1, 0.15) is 12.1 Å². The Hall–Kier alpha value is -1.36. The molecule has 94 valence electrons. The summed E-state index contributed by atoms with van der Waals surface area (Å²) in [7, 11) is 1.94. The van der Waals surface area contributed by atoms with Crippen LogP contribution < -0.4 is 0 Å². The molecule has 5 heteroatoms. The van der Waals surface area contributed by atoms with Gasteiger partial charge in [-0.05, 0) is 20.4 Å². The second kappa shape index (κ2) is 4.87. The van der Waals surface area contributed by atoms with E-state index in [1.165, 1.54) is 6.08 Å². The molecular weight excluding hydrogens is 220 g/mol. The number of fused-ring (bicyclic) bond motifs is 1. The SMILES string of the molecule is CCOC(=O)[C@@H]1C=CC(=O)N2CCCN(C)[C@@H]12. The first-order valence-corrected chi connectivity index (χ1v) is 6.01. The largest absolute Gasteiger partial charge is 0.465 e. The summed E-state index contributed by atoms with van der Waals surface area (Å²) in [4.78, 5) is 27.4. The van der Waals surface area contributed by atoms with E-state index in [0.29, 0.717) is 13.2 Å². The van der Waals surface area contributed by atoms with Crippen molar-refractivity contribution in [2.75, 3.05) is 26.7 Å². The minimum atomic E-state index is -0.363. The van der Waals surface area contributed by atoms with E-state index in [9.17, 15) is 9.59 Å². The van der Waals surface area contributed by atoms with Gasteiger partial charge in [-0.3, -0.25) is 14.5 Å². The molecule has 2 rings (SSSR count). The Balaban J connectivity index is 2.23. The lowest BCUT2D eigenvalue weighted by molar-refractivity contribution is -0.156. The van der Waals surface area contributed by atoms with Crippen LogP contribution in [0.5, 0.6) is 0 Å². The quantitative estimate of drug-likeness (QED) is 0.646. The van der Waals surface area contributed by atoms with Crippen molar-refractivity contribution in [3.8, 4) is 0 Å². The highest BCUT2D eigenvalue weighted by molar-refractivity contribution is 5.91. The number of rotatable bonds is 2. The third-order valence-electron chi connectivity index (χ3n) is 3.29. The maximum Gasteiger partial charge on any atom is 0.316 e. The number of hydrogen-bond acceptors (Lipinski definition) is 4. The van der Waals surface area contributed by atoms with Crippen LogP contribution in [0.25, 0.3) is 0 Å². The molecule has 2 aliphatic heterocycles. The molecule has 2 atom stereocenters. The molecule has 0 aromatic rings. The predicted octanol–water partition coefficient (Wildman–Crippen LogP) is 0.226. The number of ether oxygens (including phenoxy) is 1. The van der Waals surface area contributed by atoms with Crippen LogP contribution in [0.1, 0.15) is 13.3 Å². The topological polar surface area (TPSA) is 49.9 Å². The van der Waals surface area contributed by atoms with Crippen molar-refractivity contribution in [3.63, 3.8) is 0 Å². The fraction of sp³-hybridized carbons (Fsp3) is 0.667. The van der Waals surface area contributed by atoms with Crippen molar-refractivity contribution < 1.29 is 14.3 Å². The lowest BCUT2D eigenvalue weighted by atomic mass is 9.97. The van der Waals surface area contributed by atoms with E-state index in [2.05, 4.69) is 0 Å². The van der Waals surface area contributed by atoms with E-state index >= 15 is 0 Å². The molecule has 0 radical (unpaired) electrons. The van der Waals surface area contributed by atoms with Crippen molar-refractivity contribution in [1.82, 2.24) is 9.80 Å². The van der Waals surface area contributed by atoms with Crippen LogP contribution in [0, 0.1) is 5.92 Å². The van der Waals surface area contributed by atoms with E-state index in [1.54, 1.807) is 17.9 Å². The molecule has 1 fully saturated rings. The smallest absolute Gasteiger partial charge is 0.316 e. The first-order chi connectivity index (χ1) is 8.15. The van der Waals surface area contributed by atoms with Crippen molar-refractivity contribution >= 4 is 11.9 Å². The first-order valence-electron chi connectivity index (χ1n) is 6.01. The minimum absolute atomic E-state index is 0.0119. The highest BCUT2D eigenvalue weighted by Gasteiger charge is 2.41. The third-order valence-corrected chi connectivity index (χ3v) is 3.29. The number of carbonyl (C=O) groups excluding carboxylic acids is 2. The summed E-state index contributed by atoms with van der Waals surface area (Å²) in [6, 6.07) is 0. The first kappa shape index (κ1) is 12.1. The van der Waals surface area contributed by atoms with Crippen LogP contribution in [0.2, 0.25) is 0 Å². The zero-order valence-electron chi connectivity index (χ0n) is 10.3. The van der Waals surface area contributed by atoms with Gasteiger partial charge in [-0.25, -0.2) is 0 Å². The molecule has 0 spiro atoms. The zero-order chi connectivity index (χ0) is 12.4. The van der Waals surface area contributed by atoms with Gasteiger partial charge in [0, 0.05) is 19.2 Å². The summed E-state index contributed by atoms with van der Waals surface area (Å²) in [6.07, 6.45) is 3.92. The molecule has 1 saturated heterocycles. The molecular formula is C12H18N2O3. The third kappa shape index (κ3) is 2.20. The van der Waals surface area contributed by atoms with Gasteiger partial charge in [-0.2, -0.15) is 0 Å². The number of hydrogen-bond donors (Lipinski definition) is 0. The van der Waals surface area contributed by atoms with E-state index in [4.69, 9.17) is 4.74 Å². The second-order valence-corrected chi connectivity index (χ2v) is 4.42. The van der Waals surface area contributed by atoms with E-state index in [-0.39, 0.29) is 24.0 Å². The molecule has 5 nitrogen and oxygen atoms in total. The Morgan fingerprint density at radius 2 is 2.29 bits per heavy atom. The fourth-order valence-electron chi connectivity index (χ4n) is 2.52. The molecule has 0 unspecified atom stereocenters. The minimum Gasteiger partial charge on any atom is -0.465 e. The predicted molar refractivity (Wildman–Crippen MR) is 62.0 cm³/mol. The zero-order valence-corrected chi connectivity index (χ0v) is 10.3. The van der Waals surface area contributed by atoms with Crippen molar-refractivity contribution in [1.29, 1.82) is 0 Å². The fourth-order valence-corrected chi connectivity index (χ4v) is 2.52. The second-order valence-electron chi connectivity index (χ2n) is 4.42. The molecule has 17 heavy (non-hydrogen) atoms. The van der Waals surface area contributed by atoms with Gasteiger partial charge in [0.05, 0.1) is 6.61 Å². The van der Waals surface area contributed by atoms with E-state index in [1.807, 2.05) is 11.9 Å². The van der Waals surface area contributed by atoms with E-state index < -0.39 is 0 Å². The summed E-state index contributed by atoms with van der Waals surface area (Å²) in [6.45, 7) is 3.78. The van der Waals surface area contributed by atoms with Crippen LogP contribution in [0.4, 0.5) is 0 Å². The number of nitrogens with zero attached hydrogens (tertiary/aromatic N) is 2. The van der Waals surface area contributed by atoms with Crippen molar-refractivity contribution in [2.45, 2.75) is 19.5 Å². The molecule has 1 amide bonds. The highest BCUT2D eigenvalue weighted by Crippen LogP contribution is 2.26. The molecule has 0 aliphatic carbocycles. The van der Waals surface area contributed by atoms with Gasteiger partial charge in [0.15, 0.2) is 0 Å². The van der Waals surface area contributed by atoms with E-state index in [0.717, 1.165) is 13.0 Å². The number of esters is 1. The Morgan fingerprint density at radius 3 is 3.00 bits per heavy atom. The van der Waals surface area contributed by atoms with Gasteiger partial charge >= 0.3 is 5.97 Å². The van der Waals surface area contributed by atoms with Crippen molar-refractivity contribution in [2.24, 2.45) is 5.92 Å². The summed E-state index contributed by atoms with van der Waals surface area (Å²) >= 11 is 0. The van der Waals surface area contributed by atoms with Gasteiger partial charge in [0.25, 0.3) is 0 Å². The van der Waals surface area contributed by atoms with Crippen LogP contribution in [0.15, 0.2) is 12.2 Å². The normalized spacial score (nSPS) is 29.1. The summed E-state index contributed by atoms with van der Waals surface area (Å²) in [5, 5.41) is 0. The number of carbonyl (C=O) groups is 2. The summed E-state index contributed by atoms with van der Waals surface area (Å²) in [5.41, 5.74) is 0. The Morgan fingerprint density at radius 1 is 1.53 bits per heavy atom. The highest BCUT2D eigenvalue weighted by atomic mass is 16.5. The summed E-state index contributed by atoms with van der Waals surface area (Å²) in [5.74, 6) is -0.625. The van der Waals surface area contributed by atoms with Crippen molar-refractivity contribution in [3.05, 3.63) is 12.2 Å². The molecule has 0 aromatic heterocycles. The molecule has 2 aliphatic rings. The van der Waals surface area contributed by atoms with Gasteiger partial charge in [-0.15, -0.1) is 0 Å². The van der Waals surface area contributed by atoms with Crippen LogP contribution in [-0.4, -0.2) is 54.6 Å². The lowest BCUT2D eigenvalue weighted by Gasteiger charge is -2.45. The summed E-state index contributed by atoms with van der Waals surface area (Å²) < 4.78 is 5.06. The van der Waals surface area contributed by atoms with Crippen LogP contribution in [-0.2, 0) is 14.3 Å². The Bertz CT molecular complexity index is 354. The maximum absolute atomic E-state index is 11.9. The van der Waals surface area contributed by atoms with Gasteiger partial charge < -0.3 is 9.64 Å². The average molecular weight is 238 g/mol. The molecule has 0 bridgehead atoms. The lowest BCUT2D eigenvalue weighted by Crippen LogP contribution is -2.60. The van der Waals surface area contributed by atoms with Crippen LogP contribution in [0.3, 0.4) is 0 Å². The molecule has 0 N–H and O–H groups in total.